The molecule has 0 saturated carbocycles. The lowest BCUT2D eigenvalue weighted by Gasteiger charge is -2.36. The van der Waals surface area contributed by atoms with Gasteiger partial charge in [0.25, 0.3) is 0 Å². The summed E-state index contributed by atoms with van der Waals surface area (Å²) >= 11 is 0. The van der Waals surface area contributed by atoms with E-state index >= 15 is 0 Å². The van der Waals surface area contributed by atoms with Crippen molar-refractivity contribution in [3.63, 3.8) is 0 Å². The lowest BCUT2D eigenvalue weighted by Crippen LogP contribution is -2.40. The van der Waals surface area contributed by atoms with Crippen LogP contribution in [0.15, 0.2) is 42.5 Å². The molecular formula is C38H51N3O4Si. The Bertz CT molecular complexity index is 1790. The molecule has 2 aromatic heterocycles. The minimum absolute atomic E-state index is 0.122. The Labute approximate surface area is 276 Å². The Balaban J connectivity index is 1.72. The Kier molecular flexibility index (Phi) is 8.94. The summed E-state index contributed by atoms with van der Waals surface area (Å²) in [6.07, 6.45) is 0.148. The minimum atomic E-state index is -1.94. The van der Waals surface area contributed by atoms with Gasteiger partial charge >= 0.3 is 5.97 Å². The molecule has 0 fully saturated rings. The quantitative estimate of drug-likeness (QED) is 0.141. The lowest BCUT2D eigenvalue weighted by atomic mass is 9.87. The summed E-state index contributed by atoms with van der Waals surface area (Å²) in [7, 11) is -0.485. The average Bonchev–Trinajstić information content (AvgIpc) is 3.30. The Morgan fingerprint density at radius 1 is 0.978 bits per heavy atom. The number of hydrogen-bond donors (Lipinski definition) is 0. The molecule has 0 radical (unpaired) electrons. The van der Waals surface area contributed by atoms with Gasteiger partial charge in [-0.2, -0.15) is 0 Å². The molecule has 1 aliphatic rings. The highest BCUT2D eigenvalue weighted by Crippen LogP contribution is 2.49. The highest BCUT2D eigenvalue weighted by molar-refractivity contribution is 6.74. The number of benzene rings is 2. The van der Waals surface area contributed by atoms with Gasteiger partial charge in [0.15, 0.2) is 8.32 Å². The van der Waals surface area contributed by atoms with E-state index in [1.807, 2.05) is 0 Å². The molecule has 246 valence electrons. The molecule has 0 spiro atoms. The first-order chi connectivity index (χ1) is 21.4. The number of hydrogen-bond acceptors (Lipinski definition) is 6. The van der Waals surface area contributed by atoms with Gasteiger partial charge in [0.2, 0.25) is 0 Å². The SMILES string of the molecule is COC(=O)Cc1c(C)c2c3c(cc(C)n3CCN2c2cccc(CO[Si](C)(C)C(C)(C)C)n2)c1-c1ccc(C)cc1OC(C)(C)C. The van der Waals surface area contributed by atoms with E-state index in [9.17, 15) is 4.79 Å². The van der Waals surface area contributed by atoms with Crippen molar-refractivity contribution < 1.29 is 18.7 Å². The first-order valence-corrected chi connectivity index (χ1v) is 19.2. The van der Waals surface area contributed by atoms with Crippen molar-refractivity contribution in [3.05, 3.63) is 70.5 Å². The van der Waals surface area contributed by atoms with E-state index in [2.05, 4.69) is 127 Å². The third-order valence-corrected chi connectivity index (χ3v) is 14.0. The summed E-state index contributed by atoms with van der Waals surface area (Å²) in [6.45, 7) is 25.9. The second kappa shape index (κ2) is 12.2. The van der Waals surface area contributed by atoms with E-state index in [-0.39, 0.29) is 17.4 Å². The van der Waals surface area contributed by atoms with Crippen LogP contribution in [-0.4, -0.2) is 43.1 Å². The highest BCUT2D eigenvalue weighted by atomic mass is 28.4. The number of anilines is 2. The Morgan fingerprint density at radius 2 is 1.70 bits per heavy atom. The minimum Gasteiger partial charge on any atom is -0.487 e. The monoisotopic (exact) mass is 641 g/mol. The number of aromatic nitrogens is 2. The van der Waals surface area contributed by atoms with Crippen LogP contribution in [0.1, 0.15) is 69.6 Å². The van der Waals surface area contributed by atoms with Crippen molar-refractivity contribution in [2.45, 2.75) is 106 Å². The van der Waals surface area contributed by atoms with Crippen LogP contribution in [0.4, 0.5) is 11.5 Å². The summed E-state index contributed by atoms with van der Waals surface area (Å²) in [4.78, 5) is 20.5. The van der Waals surface area contributed by atoms with Crippen LogP contribution in [0.2, 0.25) is 18.1 Å². The van der Waals surface area contributed by atoms with Gasteiger partial charge in [0.1, 0.15) is 17.2 Å². The molecule has 8 heteroatoms. The fourth-order valence-electron chi connectivity index (χ4n) is 6.12. The number of nitrogens with zero attached hydrogens (tertiary/aromatic N) is 3. The predicted octanol–water partition coefficient (Wildman–Crippen LogP) is 9.19. The molecule has 1 aliphatic heterocycles. The maximum Gasteiger partial charge on any atom is 0.310 e. The highest BCUT2D eigenvalue weighted by Gasteiger charge is 2.37. The Hall–Kier alpha value is -3.62. The number of pyridine rings is 1. The molecule has 0 saturated heterocycles. The molecule has 0 atom stereocenters. The molecule has 0 amide bonds. The third-order valence-electron chi connectivity index (χ3n) is 9.55. The van der Waals surface area contributed by atoms with Gasteiger partial charge in [-0.1, -0.05) is 39.0 Å². The van der Waals surface area contributed by atoms with Crippen LogP contribution in [0.5, 0.6) is 5.75 Å². The topological polar surface area (TPSA) is 65.8 Å². The zero-order chi connectivity index (χ0) is 33.8. The summed E-state index contributed by atoms with van der Waals surface area (Å²) < 4.78 is 20.8. The second-order valence-corrected chi connectivity index (χ2v) is 20.0. The predicted molar refractivity (Wildman–Crippen MR) is 191 cm³/mol. The molecule has 0 aliphatic carbocycles. The zero-order valence-corrected chi connectivity index (χ0v) is 30.8. The number of carbonyl (C=O) groups excluding carboxylic acids is 1. The van der Waals surface area contributed by atoms with Crippen LogP contribution in [-0.2, 0) is 33.5 Å². The largest absolute Gasteiger partial charge is 0.487 e. The van der Waals surface area contributed by atoms with E-state index in [1.54, 1.807) is 0 Å². The first kappa shape index (κ1) is 33.7. The summed E-state index contributed by atoms with van der Waals surface area (Å²) in [5.74, 6) is 1.42. The van der Waals surface area contributed by atoms with E-state index in [0.717, 1.165) is 74.8 Å². The van der Waals surface area contributed by atoms with Gasteiger partial charge in [-0.05, 0) is 106 Å². The van der Waals surface area contributed by atoms with Crippen molar-refractivity contribution in [1.29, 1.82) is 0 Å². The van der Waals surface area contributed by atoms with Gasteiger partial charge in [-0.25, -0.2) is 4.98 Å². The fourth-order valence-corrected chi connectivity index (χ4v) is 7.06. The van der Waals surface area contributed by atoms with Crippen LogP contribution in [0.3, 0.4) is 0 Å². The van der Waals surface area contributed by atoms with Crippen molar-refractivity contribution in [1.82, 2.24) is 9.55 Å². The number of esters is 1. The van der Waals surface area contributed by atoms with E-state index in [1.165, 1.54) is 12.8 Å². The molecule has 3 heterocycles. The van der Waals surface area contributed by atoms with Crippen LogP contribution < -0.4 is 9.64 Å². The van der Waals surface area contributed by atoms with Crippen molar-refractivity contribution in [3.8, 4) is 16.9 Å². The summed E-state index contributed by atoms with van der Waals surface area (Å²) in [5, 5.41) is 1.22. The van der Waals surface area contributed by atoms with Gasteiger partial charge in [-0.15, -0.1) is 0 Å². The molecule has 0 N–H and O–H groups in total. The van der Waals surface area contributed by atoms with Gasteiger partial charge < -0.3 is 23.4 Å². The normalized spacial score (nSPS) is 13.8. The molecule has 0 bridgehead atoms. The lowest BCUT2D eigenvalue weighted by molar-refractivity contribution is -0.139. The number of ether oxygens (including phenoxy) is 2. The second-order valence-electron chi connectivity index (χ2n) is 15.2. The number of aryl methyl sites for hydroxylation is 2. The molecule has 5 rings (SSSR count). The van der Waals surface area contributed by atoms with Crippen LogP contribution in [0.25, 0.3) is 22.0 Å². The maximum atomic E-state index is 13.0. The van der Waals surface area contributed by atoms with E-state index < -0.39 is 13.9 Å². The van der Waals surface area contributed by atoms with Crippen LogP contribution in [0, 0.1) is 20.8 Å². The van der Waals surface area contributed by atoms with Crippen molar-refractivity contribution >= 4 is 36.7 Å². The summed E-state index contributed by atoms with van der Waals surface area (Å²) in [5.41, 5.74) is 9.04. The van der Waals surface area contributed by atoms with Gasteiger partial charge in [-0.3, -0.25) is 4.79 Å². The van der Waals surface area contributed by atoms with E-state index in [0.29, 0.717) is 6.61 Å². The summed E-state index contributed by atoms with van der Waals surface area (Å²) in [6, 6.07) is 14.8. The van der Waals surface area contributed by atoms with Crippen LogP contribution >= 0.6 is 0 Å². The maximum absolute atomic E-state index is 13.0. The average molecular weight is 642 g/mol. The number of methoxy groups -OCH3 is 1. The first-order valence-electron chi connectivity index (χ1n) is 16.3. The molecule has 7 nitrogen and oxygen atoms in total. The van der Waals surface area contributed by atoms with Crippen molar-refractivity contribution in [2.75, 3.05) is 18.6 Å². The zero-order valence-electron chi connectivity index (χ0n) is 29.8. The third kappa shape index (κ3) is 6.47. The number of carbonyl (C=O) groups is 1. The molecular weight excluding hydrogens is 591 g/mol. The standard InChI is InChI=1S/C38H51N3O4Si/c1-24-16-17-28(31(20-24)45-37(4,5)6)34-29(22-33(42)43-10)26(3)35-36-30(34)21-25(2)40(36)18-19-41(35)32-15-13-14-27(39-32)23-44-46(11,12)38(7,8)9/h13-17,20-21H,18-19,22-23H2,1-12H3. The molecule has 2 aromatic carbocycles. The molecule has 46 heavy (non-hydrogen) atoms. The smallest absolute Gasteiger partial charge is 0.310 e. The van der Waals surface area contributed by atoms with Crippen molar-refractivity contribution in [2.24, 2.45) is 0 Å². The van der Waals surface area contributed by atoms with Gasteiger partial charge in [0.05, 0.1) is 37.0 Å². The fraction of sp³-hybridized carbons (Fsp3) is 0.474. The van der Waals surface area contributed by atoms with E-state index in [4.69, 9.17) is 18.9 Å². The molecule has 4 aromatic rings. The Morgan fingerprint density at radius 3 is 2.35 bits per heavy atom. The number of rotatable bonds is 8. The van der Waals surface area contributed by atoms with Gasteiger partial charge in [0, 0.05) is 29.7 Å². The molecule has 0 unspecified atom stereocenters.